The molecule has 0 unspecified atom stereocenters. The lowest BCUT2D eigenvalue weighted by molar-refractivity contribution is -0.386. The van der Waals surface area contributed by atoms with Gasteiger partial charge in [-0.05, 0) is 18.4 Å². The van der Waals surface area contributed by atoms with E-state index in [1.165, 1.54) is 0 Å². The van der Waals surface area contributed by atoms with Crippen molar-refractivity contribution in [3.63, 3.8) is 0 Å². The molecule has 9 heteroatoms. The maximum absolute atomic E-state index is 11.2. The van der Waals surface area contributed by atoms with Gasteiger partial charge < -0.3 is 10.4 Å². The van der Waals surface area contributed by atoms with E-state index in [2.05, 4.69) is 24.1 Å². The van der Waals surface area contributed by atoms with Gasteiger partial charge in [0.1, 0.15) is 0 Å². The number of hydrogen-bond donors (Lipinski definition) is 2. The van der Waals surface area contributed by atoms with Crippen molar-refractivity contribution < 1.29 is 10.0 Å². The number of piperazine rings is 1. The van der Waals surface area contributed by atoms with Crippen LogP contribution in [0.25, 0.3) is 0 Å². The molecular weight excluding hydrogens is 367 g/mol. The van der Waals surface area contributed by atoms with Gasteiger partial charge in [0.2, 0.25) is 0 Å². The molecule has 0 aromatic heterocycles. The second-order valence-corrected chi connectivity index (χ2v) is 6.23. The lowest BCUT2D eigenvalue weighted by Crippen LogP contribution is -2.45. The maximum atomic E-state index is 11.2. The first-order chi connectivity index (χ1) is 10.9. The number of hydrogen-bond acceptors (Lipinski definition) is 6. The van der Waals surface area contributed by atoms with E-state index in [-0.39, 0.29) is 42.2 Å². The topological polar surface area (TPSA) is 102 Å². The summed E-state index contributed by atoms with van der Waals surface area (Å²) in [5, 5.41) is 34.0. The third kappa shape index (κ3) is 5.72. The highest BCUT2D eigenvalue weighted by Gasteiger charge is 2.29. The van der Waals surface area contributed by atoms with Crippen LogP contribution in [0.5, 0.6) is 5.75 Å². The Morgan fingerprint density at radius 1 is 1.36 bits per heavy atom. The molecule has 0 amide bonds. The van der Waals surface area contributed by atoms with Gasteiger partial charge in [-0.15, -0.1) is 24.8 Å². The fraction of sp³-hybridized carbons (Fsp3) is 0.562. The van der Waals surface area contributed by atoms with Crippen LogP contribution >= 0.6 is 24.8 Å². The molecule has 0 saturated carbocycles. The lowest BCUT2D eigenvalue weighted by atomic mass is 9.92. The summed E-state index contributed by atoms with van der Waals surface area (Å²) in [6, 6.07) is 4.53. The average molecular weight is 391 g/mol. The number of phenolic OH excluding ortho intramolecular Hbond substituents is 1. The fourth-order valence-corrected chi connectivity index (χ4v) is 3.01. The minimum Gasteiger partial charge on any atom is -0.502 e. The van der Waals surface area contributed by atoms with E-state index in [1.54, 1.807) is 6.07 Å². The molecule has 1 fully saturated rings. The smallest absolute Gasteiger partial charge is 0.312 e. The number of rotatable bonds is 5. The molecule has 1 heterocycles. The number of aromatic hydroxyl groups is 1. The first kappa shape index (κ1) is 23.4. The molecule has 25 heavy (non-hydrogen) atoms. The van der Waals surface area contributed by atoms with Crippen LogP contribution in [0.15, 0.2) is 12.1 Å². The molecule has 2 rings (SSSR count). The molecule has 1 aliphatic rings. The minimum atomic E-state index is -0.635. The van der Waals surface area contributed by atoms with Gasteiger partial charge >= 0.3 is 5.69 Å². The molecule has 1 aromatic rings. The van der Waals surface area contributed by atoms with E-state index in [4.69, 9.17) is 5.26 Å². The van der Waals surface area contributed by atoms with E-state index in [0.717, 1.165) is 38.7 Å². The quantitative estimate of drug-likeness (QED) is 0.591. The molecule has 1 aromatic carbocycles. The molecule has 1 atom stereocenters. The molecule has 0 radical (unpaired) electrons. The highest BCUT2D eigenvalue weighted by Crippen LogP contribution is 2.39. The third-order valence-corrected chi connectivity index (χ3v) is 4.09. The van der Waals surface area contributed by atoms with Crippen molar-refractivity contribution in [1.82, 2.24) is 10.2 Å². The van der Waals surface area contributed by atoms with Crippen molar-refractivity contribution >= 4 is 30.5 Å². The van der Waals surface area contributed by atoms with Gasteiger partial charge in [-0.2, -0.15) is 5.26 Å². The number of nitrogens with one attached hydrogen (secondary N) is 1. The number of nitro benzene ring substituents is 1. The monoisotopic (exact) mass is 390 g/mol. The number of halogens is 2. The number of nitro groups is 1. The SMILES string of the molecule is CC(C)C[C@H](c1cc(C#N)cc([N+](=O)[O-])c1O)N1CCNCC1.Cl.Cl. The zero-order valence-corrected chi connectivity index (χ0v) is 15.9. The van der Waals surface area contributed by atoms with Gasteiger partial charge in [0, 0.05) is 43.9 Å². The van der Waals surface area contributed by atoms with E-state index >= 15 is 0 Å². The van der Waals surface area contributed by atoms with Gasteiger partial charge in [-0.25, -0.2) is 0 Å². The standard InChI is InChI=1S/C16H22N4O3.2ClH/c1-11(2)7-14(19-5-3-18-4-6-19)13-8-12(10-17)9-15(16(13)21)20(22)23;;/h8-9,11,14,18,21H,3-7H2,1-2H3;2*1H/t14-;;/m1../s1. The zero-order valence-electron chi connectivity index (χ0n) is 14.3. The molecule has 0 bridgehead atoms. The van der Waals surface area contributed by atoms with Crippen LogP contribution in [0.3, 0.4) is 0 Å². The normalized spacial score (nSPS) is 15.6. The van der Waals surface area contributed by atoms with Crippen LogP contribution in [-0.4, -0.2) is 41.1 Å². The first-order valence-electron chi connectivity index (χ1n) is 7.80. The number of benzene rings is 1. The van der Waals surface area contributed by atoms with Crippen LogP contribution in [0, 0.1) is 27.4 Å². The van der Waals surface area contributed by atoms with E-state index < -0.39 is 10.6 Å². The molecule has 0 aliphatic carbocycles. The van der Waals surface area contributed by atoms with Crippen LogP contribution in [0.2, 0.25) is 0 Å². The molecule has 2 N–H and O–H groups in total. The van der Waals surface area contributed by atoms with Gasteiger partial charge in [-0.3, -0.25) is 15.0 Å². The number of phenols is 1. The second kappa shape index (κ2) is 10.4. The highest BCUT2D eigenvalue weighted by molar-refractivity contribution is 5.85. The average Bonchev–Trinajstić information content (AvgIpc) is 2.53. The summed E-state index contributed by atoms with van der Waals surface area (Å²) >= 11 is 0. The number of nitriles is 1. The number of nitrogens with zero attached hydrogens (tertiary/aromatic N) is 3. The lowest BCUT2D eigenvalue weighted by Gasteiger charge is -2.36. The Balaban J connectivity index is 0.00000288. The van der Waals surface area contributed by atoms with Crippen molar-refractivity contribution in [1.29, 1.82) is 5.26 Å². The van der Waals surface area contributed by atoms with Crippen LogP contribution in [-0.2, 0) is 0 Å². The molecule has 140 valence electrons. The predicted octanol–water partition coefficient (Wildman–Crippen LogP) is 3.01. The van der Waals surface area contributed by atoms with Crippen LogP contribution < -0.4 is 5.32 Å². The Labute approximate surface area is 160 Å². The van der Waals surface area contributed by atoms with Crippen molar-refractivity contribution in [3.05, 3.63) is 33.4 Å². The maximum Gasteiger partial charge on any atom is 0.312 e. The van der Waals surface area contributed by atoms with E-state index in [0.29, 0.717) is 11.5 Å². The largest absolute Gasteiger partial charge is 0.502 e. The summed E-state index contributed by atoms with van der Waals surface area (Å²) in [6.07, 6.45) is 0.763. The second-order valence-electron chi connectivity index (χ2n) is 6.23. The van der Waals surface area contributed by atoms with Gasteiger partial charge in [0.05, 0.1) is 16.6 Å². The summed E-state index contributed by atoms with van der Waals surface area (Å²) in [6.45, 7) is 7.46. The molecule has 7 nitrogen and oxygen atoms in total. The summed E-state index contributed by atoms with van der Waals surface area (Å²) in [5.74, 6) is 0.0391. The molecular formula is C16H24Cl2N4O3. The Kier molecular flexibility index (Phi) is 9.75. The van der Waals surface area contributed by atoms with Crippen LogP contribution in [0.1, 0.15) is 37.4 Å². The van der Waals surface area contributed by atoms with E-state index in [1.807, 2.05) is 6.07 Å². The molecule has 1 saturated heterocycles. The van der Waals surface area contributed by atoms with Gasteiger partial charge in [-0.1, -0.05) is 13.8 Å². The predicted molar refractivity (Wildman–Crippen MR) is 101 cm³/mol. The Morgan fingerprint density at radius 3 is 2.44 bits per heavy atom. The molecule has 1 aliphatic heterocycles. The van der Waals surface area contributed by atoms with Crippen molar-refractivity contribution in [2.75, 3.05) is 26.2 Å². The van der Waals surface area contributed by atoms with Crippen LogP contribution in [0.4, 0.5) is 5.69 Å². The fourth-order valence-electron chi connectivity index (χ4n) is 3.01. The minimum absolute atomic E-state index is 0. The van der Waals surface area contributed by atoms with Crippen molar-refractivity contribution in [3.8, 4) is 11.8 Å². The Bertz CT molecular complexity index is 629. The summed E-state index contributed by atoms with van der Waals surface area (Å²) in [7, 11) is 0. The third-order valence-electron chi connectivity index (χ3n) is 4.09. The van der Waals surface area contributed by atoms with E-state index in [9.17, 15) is 15.2 Å². The van der Waals surface area contributed by atoms with Crippen molar-refractivity contribution in [2.24, 2.45) is 5.92 Å². The zero-order chi connectivity index (χ0) is 17.0. The van der Waals surface area contributed by atoms with Crippen molar-refractivity contribution in [2.45, 2.75) is 26.3 Å². The summed E-state index contributed by atoms with van der Waals surface area (Å²) in [4.78, 5) is 12.8. The van der Waals surface area contributed by atoms with Gasteiger partial charge in [0.25, 0.3) is 0 Å². The Hall–Kier alpha value is -1.59. The summed E-state index contributed by atoms with van der Waals surface area (Å²) in [5.41, 5.74) is 0.280. The highest BCUT2D eigenvalue weighted by atomic mass is 35.5. The first-order valence-corrected chi connectivity index (χ1v) is 7.80. The van der Waals surface area contributed by atoms with Gasteiger partial charge in [0.15, 0.2) is 5.75 Å². The molecule has 0 spiro atoms. The Morgan fingerprint density at radius 2 is 1.96 bits per heavy atom. The summed E-state index contributed by atoms with van der Waals surface area (Å²) < 4.78 is 0.